The lowest BCUT2D eigenvalue weighted by molar-refractivity contribution is -0.139. The molecule has 2 fully saturated rings. The van der Waals surface area contributed by atoms with Crippen molar-refractivity contribution in [2.45, 2.75) is 71.6 Å². The lowest BCUT2D eigenvalue weighted by Crippen LogP contribution is -2.49. The number of Topliss-reactive ketones (excluding diaryl/α,β-unsaturated/α-hetero) is 1. The van der Waals surface area contributed by atoms with Crippen LogP contribution in [0.1, 0.15) is 65.0 Å². The van der Waals surface area contributed by atoms with Crippen LogP contribution in [0.25, 0.3) is 0 Å². The van der Waals surface area contributed by atoms with Crippen LogP contribution in [0.15, 0.2) is 30.3 Å². The minimum Gasteiger partial charge on any atom is -0.449 e. The molecule has 2 heterocycles. The first-order valence-corrected chi connectivity index (χ1v) is 13.5. The number of alkyl carbamates (subject to hydrolysis) is 1. The van der Waals surface area contributed by atoms with Gasteiger partial charge in [-0.3, -0.25) is 9.59 Å². The summed E-state index contributed by atoms with van der Waals surface area (Å²) in [7, 11) is 0. The van der Waals surface area contributed by atoms with Crippen molar-refractivity contribution in [1.29, 1.82) is 0 Å². The van der Waals surface area contributed by atoms with Crippen molar-refractivity contribution in [1.82, 2.24) is 15.5 Å². The number of hydrogen-bond acceptors (Lipinski definition) is 7. The molecule has 0 aromatic heterocycles. The normalized spacial score (nSPS) is 21.8. The van der Waals surface area contributed by atoms with Gasteiger partial charge in [-0.1, -0.05) is 63.9 Å². The van der Waals surface area contributed by atoms with Gasteiger partial charge in [0.15, 0.2) is 0 Å². The topological polar surface area (TPSA) is 123 Å². The molecule has 210 valence electrons. The maximum absolute atomic E-state index is 13.0. The van der Waals surface area contributed by atoms with Gasteiger partial charge < -0.3 is 29.7 Å². The number of nitrogens with zero attached hydrogens (tertiary/aromatic N) is 1. The number of carbonyl (C=O) groups excluding carboxylic acids is 4. The number of carbonyl (C=O) groups is 4. The van der Waals surface area contributed by atoms with Crippen molar-refractivity contribution in [3.63, 3.8) is 0 Å². The molecule has 0 aliphatic carbocycles. The number of ether oxygens (including phenoxy) is 3. The van der Waals surface area contributed by atoms with Crippen molar-refractivity contribution in [2.75, 3.05) is 32.9 Å². The highest BCUT2D eigenvalue weighted by Crippen LogP contribution is 2.32. The van der Waals surface area contributed by atoms with Crippen molar-refractivity contribution in [3.05, 3.63) is 35.9 Å². The molecule has 2 aliphatic rings. The third kappa shape index (κ3) is 8.18. The van der Waals surface area contributed by atoms with Gasteiger partial charge in [-0.25, -0.2) is 9.59 Å². The molecule has 0 bridgehead atoms. The third-order valence-corrected chi connectivity index (χ3v) is 7.16. The number of ketones is 1. The lowest BCUT2D eigenvalue weighted by Gasteiger charge is -2.26. The molecule has 10 heteroatoms. The summed E-state index contributed by atoms with van der Waals surface area (Å²) in [6.07, 6.45) is 0.789. The summed E-state index contributed by atoms with van der Waals surface area (Å²) in [6.45, 7) is 9.68. The molecule has 4 atom stereocenters. The summed E-state index contributed by atoms with van der Waals surface area (Å²) in [4.78, 5) is 52.7. The Labute approximate surface area is 224 Å². The summed E-state index contributed by atoms with van der Waals surface area (Å²) in [5.74, 6) is -1.27. The van der Waals surface area contributed by atoms with Crippen molar-refractivity contribution in [3.8, 4) is 0 Å². The molecule has 2 saturated heterocycles. The molecule has 38 heavy (non-hydrogen) atoms. The van der Waals surface area contributed by atoms with E-state index in [-0.39, 0.29) is 18.5 Å². The van der Waals surface area contributed by atoms with Gasteiger partial charge >= 0.3 is 12.2 Å². The van der Waals surface area contributed by atoms with Gasteiger partial charge in [-0.15, -0.1) is 0 Å². The molecule has 1 unspecified atom stereocenters. The fourth-order valence-electron chi connectivity index (χ4n) is 4.67. The highest BCUT2D eigenvalue weighted by atomic mass is 16.6. The van der Waals surface area contributed by atoms with Gasteiger partial charge in [0.05, 0.1) is 25.8 Å². The molecule has 3 rings (SSSR count). The van der Waals surface area contributed by atoms with E-state index in [1.54, 1.807) is 6.92 Å². The Morgan fingerprint density at radius 1 is 1.16 bits per heavy atom. The Morgan fingerprint density at radius 2 is 1.89 bits per heavy atom. The van der Waals surface area contributed by atoms with E-state index < -0.39 is 41.4 Å². The molecule has 1 aromatic carbocycles. The summed E-state index contributed by atoms with van der Waals surface area (Å²) in [5, 5.41) is 5.31. The second-order valence-corrected chi connectivity index (χ2v) is 10.9. The molecule has 0 saturated carbocycles. The highest BCUT2D eigenvalue weighted by Gasteiger charge is 2.45. The van der Waals surface area contributed by atoms with Crippen LogP contribution in [-0.2, 0) is 23.8 Å². The second-order valence-electron chi connectivity index (χ2n) is 10.9. The quantitative estimate of drug-likeness (QED) is 0.418. The molecule has 1 aromatic rings. The minimum absolute atomic E-state index is 0.184. The number of amides is 3. The SMILES string of the molecule is CCCC[C@H](NC(=O)O[C@@H]1CN(C(=O)OCC2CCOC2)CC1(C)C)C(=O)C(=O)N[C@H](C)c1ccccc1. The number of rotatable bonds is 11. The van der Waals surface area contributed by atoms with Crippen LogP contribution in [-0.4, -0.2) is 73.8 Å². The summed E-state index contributed by atoms with van der Waals surface area (Å²) < 4.78 is 16.4. The van der Waals surface area contributed by atoms with Crippen LogP contribution in [0.5, 0.6) is 0 Å². The predicted octanol–water partition coefficient (Wildman–Crippen LogP) is 3.60. The first-order chi connectivity index (χ1) is 18.1. The van der Waals surface area contributed by atoms with Crippen LogP contribution >= 0.6 is 0 Å². The fraction of sp³-hybridized carbons (Fsp3) is 0.643. The zero-order valence-corrected chi connectivity index (χ0v) is 22.9. The molecule has 2 aliphatic heterocycles. The van der Waals surface area contributed by atoms with Crippen molar-refractivity contribution in [2.24, 2.45) is 11.3 Å². The van der Waals surface area contributed by atoms with E-state index in [1.807, 2.05) is 51.1 Å². The van der Waals surface area contributed by atoms with E-state index in [0.717, 1.165) is 18.4 Å². The van der Waals surface area contributed by atoms with Crippen LogP contribution in [0.3, 0.4) is 0 Å². The highest BCUT2D eigenvalue weighted by molar-refractivity contribution is 6.38. The first-order valence-electron chi connectivity index (χ1n) is 13.5. The molecule has 10 nitrogen and oxygen atoms in total. The van der Waals surface area contributed by atoms with E-state index in [4.69, 9.17) is 14.2 Å². The molecule has 0 radical (unpaired) electrons. The number of benzene rings is 1. The summed E-state index contributed by atoms with van der Waals surface area (Å²) in [5.41, 5.74) is 0.354. The maximum atomic E-state index is 13.0. The molecule has 0 spiro atoms. The van der Waals surface area contributed by atoms with Gasteiger partial charge in [-0.05, 0) is 25.3 Å². The average Bonchev–Trinajstić information content (AvgIpc) is 3.52. The average molecular weight is 532 g/mol. The molecular formula is C28H41N3O7. The third-order valence-electron chi connectivity index (χ3n) is 7.16. The second kappa shape index (κ2) is 13.6. The van der Waals surface area contributed by atoms with Crippen molar-refractivity contribution < 1.29 is 33.4 Å². The van der Waals surface area contributed by atoms with E-state index in [2.05, 4.69) is 10.6 Å². The molecule has 2 N–H and O–H groups in total. The van der Waals surface area contributed by atoms with Gasteiger partial charge in [-0.2, -0.15) is 0 Å². The van der Waals surface area contributed by atoms with Crippen LogP contribution in [0, 0.1) is 11.3 Å². The van der Waals surface area contributed by atoms with Crippen LogP contribution < -0.4 is 10.6 Å². The Hall–Kier alpha value is -3.14. The van der Waals surface area contributed by atoms with Gasteiger partial charge in [0.2, 0.25) is 5.78 Å². The number of hydrogen-bond donors (Lipinski definition) is 2. The predicted molar refractivity (Wildman–Crippen MR) is 140 cm³/mol. The standard InChI is InChI=1S/C28H41N3O7/c1-5-6-12-22(24(32)25(33)29-19(2)21-10-8-7-9-11-21)30-26(34)38-23-15-31(18-28(23,3)4)27(35)37-17-20-13-14-36-16-20/h7-11,19-20,22-23H,5-6,12-18H2,1-4H3,(H,29,33)(H,30,34)/t19-,20?,22+,23-/m1/s1. The van der Waals surface area contributed by atoms with Crippen LogP contribution in [0.2, 0.25) is 0 Å². The smallest absolute Gasteiger partial charge is 0.409 e. The monoisotopic (exact) mass is 531 g/mol. The molecule has 3 amide bonds. The van der Waals surface area contributed by atoms with Crippen LogP contribution in [0.4, 0.5) is 9.59 Å². The lowest BCUT2D eigenvalue weighted by atomic mass is 9.90. The Bertz CT molecular complexity index is 962. The van der Waals surface area contributed by atoms with E-state index in [9.17, 15) is 19.2 Å². The van der Waals surface area contributed by atoms with Gasteiger partial charge in [0.25, 0.3) is 5.91 Å². The minimum atomic E-state index is -1.01. The van der Waals surface area contributed by atoms with E-state index in [0.29, 0.717) is 39.2 Å². The van der Waals surface area contributed by atoms with E-state index in [1.165, 1.54) is 4.90 Å². The largest absolute Gasteiger partial charge is 0.449 e. The maximum Gasteiger partial charge on any atom is 0.409 e. The zero-order valence-electron chi connectivity index (χ0n) is 22.9. The zero-order chi connectivity index (χ0) is 27.7. The number of nitrogens with one attached hydrogen (secondary N) is 2. The molecular weight excluding hydrogens is 490 g/mol. The Balaban J connectivity index is 1.54. The fourth-order valence-corrected chi connectivity index (χ4v) is 4.67. The van der Waals surface area contributed by atoms with Crippen molar-refractivity contribution >= 4 is 23.9 Å². The Morgan fingerprint density at radius 3 is 2.55 bits per heavy atom. The summed E-state index contributed by atoms with van der Waals surface area (Å²) in [6, 6.07) is 7.95. The summed E-state index contributed by atoms with van der Waals surface area (Å²) >= 11 is 0. The van der Waals surface area contributed by atoms with Gasteiger partial charge in [0, 0.05) is 24.5 Å². The van der Waals surface area contributed by atoms with Gasteiger partial charge in [0.1, 0.15) is 12.1 Å². The van der Waals surface area contributed by atoms with E-state index >= 15 is 0 Å². The number of unbranched alkanes of at least 4 members (excludes halogenated alkanes) is 1. The Kier molecular flexibility index (Phi) is 10.5. The first kappa shape index (κ1) is 29.4. The number of likely N-dealkylation sites (tertiary alicyclic amines) is 1.